The van der Waals surface area contributed by atoms with Gasteiger partial charge in [-0.15, -0.1) is 0 Å². The summed E-state index contributed by atoms with van der Waals surface area (Å²) in [5, 5.41) is 2.56. The molecule has 2 rings (SSSR count). The molecule has 0 unspecified atom stereocenters. The van der Waals surface area contributed by atoms with Gasteiger partial charge in [0.1, 0.15) is 5.82 Å². The third-order valence-corrected chi connectivity index (χ3v) is 3.39. The first kappa shape index (κ1) is 15.2. The largest absolute Gasteiger partial charge is 0.344 e. The Morgan fingerprint density at radius 1 is 1.43 bits per heavy atom. The number of nitrogens with zero attached hydrogens (tertiary/aromatic N) is 1. The van der Waals surface area contributed by atoms with Crippen LogP contribution in [0.25, 0.3) is 0 Å². The molecule has 1 N–H and O–H groups in total. The number of ketones is 1. The van der Waals surface area contributed by atoms with Gasteiger partial charge in [0.05, 0.1) is 6.04 Å². The monoisotopic (exact) mass is 292 g/mol. The van der Waals surface area contributed by atoms with Crippen LogP contribution in [0.3, 0.4) is 0 Å². The van der Waals surface area contributed by atoms with Crippen molar-refractivity contribution in [3.63, 3.8) is 0 Å². The summed E-state index contributed by atoms with van der Waals surface area (Å²) < 4.78 is 13.1. The molecule has 21 heavy (non-hydrogen) atoms. The van der Waals surface area contributed by atoms with Crippen molar-refractivity contribution in [1.29, 1.82) is 0 Å². The van der Waals surface area contributed by atoms with Crippen LogP contribution in [0, 0.1) is 5.82 Å². The number of benzene rings is 1. The van der Waals surface area contributed by atoms with Crippen LogP contribution in [-0.2, 0) is 20.9 Å². The molecule has 0 spiro atoms. The molecule has 6 heteroatoms. The first-order valence-electron chi connectivity index (χ1n) is 6.85. The molecule has 0 aliphatic carbocycles. The van der Waals surface area contributed by atoms with Crippen LogP contribution in [-0.4, -0.2) is 35.1 Å². The maximum Gasteiger partial charge on any atom is 0.287 e. The summed E-state index contributed by atoms with van der Waals surface area (Å²) in [7, 11) is 0. The number of carbonyl (C=O) groups excluding carboxylic acids is 3. The van der Waals surface area contributed by atoms with Gasteiger partial charge in [0.25, 0.3) is 5.91 Å². The lowest BCUT2D eigenvalue weighted by Crippen LogP contribution is -2.40. The van der Waals surface area contributed by atoms with Crippen molar-refractivity contribution in [2.45, 2.75) is 32.4 Å². The van der Waals surface area contributed by atoms with E-state index in [0.717, 1.165) is 0 Å². The molecular weight excluding hydrogens is 275 g/mol. The number of Topliss-reactive ketones (excluding diaryl/α,β-unsaturated/α-hetero) is 1. The van der Waals surface area contributed by atoms with Gasteiger partial charge < -0.3 is 10.2 Å². The van der Waals surface area contributed by atoms with Gasteiger partial charge in [0.15, 0.2) is 0 Å². The number of hydrogen-bond donors (Lipinski definition) is 1. The van der Waals surface area contributed by atoms with Gasteiger partial charge in [-0.25, -0.2) is 4.39 Å². The minimum Gasteiger partial charge on any atom is -0.344 e. The Bertz CT molecular complexity index is 574. The lowest BCUT2D eigenvalue weighted by molar-refractivity contribution is -0.138. The molecule has 1 aliphatic rings. The van der Waals surface area contributed by atoms with Gasteiger partial charge >= 0.3 is 0 Å². The number of carbonyl (C=O) groups is 3. The highest BCUT2D eigenvalue weighted by Crippen LogP contribution is 2.15. The SMILES string of the molecule is CCC(=O)C(=O)N[C@H]1CC(=O)N(Cc2cccc(F)c2)C1. The highest BCUT2D eigenvalue weighted by Gasteiger charge is 2.31. The summed E-state index contributed by atoms with van der Waals surface area (Å²) in [6, 6.07) is 5.68. The van der Waals surface area contributed by atoms with Crippen molar-refractivity contribution >= 4 is 17.6 Å². The molecule has 0 saturated carbocycles. The average molecular weight is 292 g/mol. The third kappa shape index (κ3) is 3.87. The molecule has 1 aromatic carbocycles. The molecule has 1 fully saturated rings. The van der Waals surface area contributed by atoms with Crippen LogP contribution in [0.1, 0.15) is 25.3 Å². The van der Waals surface area contributed by atoms with Gasteiger partial charge in [-0.1, -0.05) is 19.1 Å². The van der Waals surface area contributed by atoms with E-state index in [4.69, 9.17) is 0 Å². The number of amides is 2. The molecule has 1 aliphatic heterocycles. The Morgan fingerprint density at radius 2 is 2.19 bits per heavy atom. The summed E-state index contributed by atoms with van der Waals surface area (Å²) in [6.45, 7) is 2.24. The summed E-state index contributed by atoms with van der Waals surface area (Å²) in [6.07, 6.45) is 0.303. The fourth-order valence-electron chi connectivity index (χ4n) is 2.30. The van der Waals surface area contributed by atoms with Crippen molar-refractivity contribution < 1.29 is 18.8 Å². The highest BCUT2D eigenvalue weighted by atomic mass is 19.1. The standard InChI is InChI=1S/C15H17FN2O3/c1-2-13(19)15(21)17-12-7-14(20)18(9-12)8-10-4-3-5-11(16)6-10/h3-6,12H,2,7-9H2,1H3,(H,17,21)/t12-/m0/s1. The predicted octanol–water partition coefficient (Wildman–Crippen LogP) is 1.02. The van der Waals surface area contributed by atoms with Crippen LogP contribution < -0.4 is 5.32 Å². The van der Waals surface area contributed by atoms with Crippen molar-refractivity contribution in [3.8, 4) is 0 Å². The van der Waals surface area contributed by atoms with Crippen LogP contribution >= 0.6 is 0 Å². The van der Waals surface area contributed by atoms with E-state index in [9.17, 15) is 18.8 Å². The number of halogens is 1. The molecule has 5 nitrogen and oxygen atoms in total. The molecule has 0 bridgehead atoms. The Kier molecular flexibility index (Phi) is 4.67. The summed E-state index contributed by atoms with van der Waals surface area (Å²) in [5.74, 6) is -1.61. The van der Waals surface area contributed by atoms with E-state index in [1.807, 2.05) is 0 Å². The first-order valence-corrected chi connectivity index (χ1v) is 6.85. The lowest BCUT2D eigenvalue weighted by atomic mass is 10.2. The highest BCUT2D eigenvalue weighted by molar-refractivity contribution is 6.36. The van der Waals surface area contributed by atoms with Gasteiger partial charge in [-0.05, 0) is 17.7 Å². The topological polar surface area (TPSA) is 66.5 Å². The van der Waals surface area contributed by atoms with Crippen LogP contribution in [0.5, 0.6) is 0 Å². The van der Waals surface area contributed by atoms with E-state index in [2.05, 4.69) is 5.32 Å². The van der Waals surface area contributed by atoms with Gasteiger partial charge in [0.2, 0.25) is 11.7 Å². The second-order valence-electron chi connectivity index (χ2n) is 5.06. The number of likely N-dealkylation sites (tertiary alicyclic amines) is 1. The molecule has 1 aromatic rings. The zero-order valence-electron chi connectivity index (χ0n) is 11.8. The van der Waals surface area contributed by atoms with Crippen molar-refractivity contribution in [2.75, 3.05) is 6.54 Å². The third-order valence-electron chi connectivity index (χ3n) is 3.39. The second-order valence-corrected chi connectivity index (χ2v) is 5.06. The molecule has 1 saturated heterocycles. The fourth-order valence-corrected chi connectivity index (χ4v) is 2.30. The Morgan fingerprint density at radius 3 is 2.86 bits per heavy atom. The van der Waals surface area contributed by atoms with Crippen LogP contribution in [0.2, 0.25) is 0 Å². The quantitative estimate of drug-likeness (QED) is 0.824. The molecule has 112 valence electrons. The molecule has 1 atom stereocenters. The summed E-state index contributed by atoms with van der Waals surface area (Å²) in [5.41, 5.74) is 0.694. The molecule has 0 radical (unpaired) electrons. The van der Waals surface area contributed by atoms with Crippen LogP contribution in [0.4, 0.5) is 4.39 Å². The smallest absolute Gasteiger partial charge is 0.287 e. The van der Waals surface area contributed by atoms with E-state index in [-0.39, 0.29) is 30.6 Å². The van der Waals surface area contributed by atoms with E-state index in [1.165, 1.54) is 12.1 Å². The van der Waals surface area contributed by atoms with Crippen molar-refractivity contribution in [2.24, 2.45) is 0 Å². The average Bonchev–Trinajstić information content (AvgIpc) is 2.77. The van der Waals surface area contributed by atoms with Gasteiger partial charge in [0, 0.05) is 25.9 Å². The first-order chi connectivity index (χ1) is 9.99. The molecular formula is C15H17FN2O3. The van der Waals surface area contributed by atoms with E-state index < -0.39 is 11.7 Å². The summed E-state index contributed by atoms with van der Waals surface area (Å²) in [4.78, 5) is 36.2. The van der Waals surface area contributed by atoms with E-state index in [1.54, 1.807) is 24.0 Å². The molecule has 1 heterocycles. The van der Waals surface area contributed by atoms with Gasteiger partial charge in [-0.3, -0.25) is 14.4 Å². The van der Waals surface area contributed by atoms with Crippen molar-refractivity contribution in [3.05, 3.63) is 35.6 Å². The number of rotatable bonds is 5. The van der Waals surface area contributed by atoms with Crippen molar-refractivity contribution in [1.82, 2.24) is 10.2 Å². The Hall–Kier alpha value is -2.24. The van der Waals surface area contributed by atoms with E-state index in [0.29, 0.717) is 18.7 Å². The number of hydrogen-bond acceptors (Lipinski definition) is 3. The normalized spacial score (nSPS) is 17.9. The number of nitrogens with one attached hydrogen (secondary N) is 1. The van der Waals surface area contributed by atoms with Gasteiger partial charge in [-0.2, -0.15) is 0 Å². The predicted molar refractivity (Wildman–Crippen MR) is 73.7 cm³/mol. The Labute approximate surface area is 122 Å². The minimum absolute atomic E-state index is 0.117. The maximum absolute atomic E-state index is 13.1. The zero-order valence-corrected chi connectivity index (χ0v) is 11.8. The fraction of sp³-hybridized carbons (Fsp3) is 0.400. The Balaban J connectivity index is 1.94. The van der Waals surface area contributed by atoms with E-state index >= 15 is 0 Å². The molecule has 2 amide bonds. The molecule has 0 aromatic heterocycles. The zero-order chi connectivity index (χ0) is 15.4. The van der Waals surface area contributed by atoms with Crippen LogP contribution in [0.15, 0.2) is 24.3 Å². The lowest BCUT2D eigenvalue weighted by Gasteiger charge is -2.17. The summed E-state index contributed by atoms with van der Waals surface area (Å²) >= 11 is 0. The second kappa shape index (κ2) is 6.47. The maximum atomic E-state index is 13.1. The minimum atomic E-state index is -0.650.